The van der Waals surface area contributed by atoms with Gasteiger partial charge in [-0.05, 0) is 49.7 Å². The minimum atomic E-state index is -0.0868. The van der Waals surface area contributed by atoms with Gasteiger partial charge in [-0.25, -0.2) is 0 Å². The highest BCUT2D eigenvalue weighted by atomic mass is 16.5. The Bertz CT molecular complexity index is 513. The number of hydrogen-bond acceptors (Lipinski definition) is 4. The predicted octanol–water partition coefficient (Wildman–Crippen LogP) is 1.77. The van der Waals surface area contributed by atoms with Crippen LogP contribution in [0, 0.1) is 0 Å². The number of aryl methyl sites for hydroxylation is 2. The molecule has 0 unspecified atom stereocenters. The van der Waals surface area contributed by atoms with Crippen molar-refractivity contribution >= 4 is 5.91 Å². The molecular weight excluding hydrogens is 280 g/mol. The van der Waals surface area contributed by atoms with Gasteiger partial charge in [0.2, 0.25) is 5.91 Å². The average molecular weight is 304 g/mol. The Balaban J connectivity index is 1.35. The number of nitrogens with zero attached hydrogens (tertiary/aromatic N) is 1. The molecule has 0 bridgehead atoms. The van der Waals surface area contributed by atoms with Gasteiger partial charge >= 0.3 is 0 Å². The van der Waals surface area contributed by atoms with Crippen molar-refractivity contribution in [3.63, 3.8) is 0 Å². The van der Waals surface area contributed by atoms with Crippen LogP contribution < -0.4 is 5.32 Å². The van der Waals surface area contributed by atoms with E-state index in [2.05, 4.69) is 16.4 Å². The van der Waals surface area contributed by atoms with E-state index in [1.54, 1.807) is 0 Å². The number of aromatic nitrogens is 1. The fourth-order valence-electron chi connectivity index (χ4n) is 3.05. The summed E-state index contributed by atoms with van der Waals surface area (Å²) in [6.07, 6.45) is 8.74. The van der Waals surface area contributed by atoms with Gasteiger partial charge in [-0.1, -0.05) is 6.07 Å². The van der Waals surface area contributed by atoms with E-state index in [0.717, 1.165) is 37.9 Å². The molecule has 2 heterocycles. The Kier molecular flexibility index (Phi) is 5.40. The lowest BCUT2D eigenvalue weighted by molar-refractivity contribution is -0.128. The molecule has 1 aliphatic carbocycles. The van der Waals surface area contributed by atoms with Crippen molar-refractivity contribution in [1.29, 1.82) is 0 Å². The monoisotopic (exact) mass is 304 g/mol. The van der Waals surface area contributed by atoms with E-state index < -0.39 is 0 Å². The first-order chi connectivity index (χ1) is 10.8. The Labute approximate surface area is 131 Å². The summed E-state index contributed by atoms with van der Waals surface area (Å²) in [6.45, 7) is 1.93. The third-order valence-electron chi connectivity index (χ3n) is 4.28. The van der Waals surface area contributed by atoms with Gasteiger partial charge < -0.3 is 14.8 Å². The van der Waals surface area contributed by atoms with E-state index >= 15 is 0 Å². The van der Waals surface area contributed by atoms with Gasteiger partial charge in [0.25, 0.3) is 0 Å². The maximum absolute atomic E-state index is 11.8. The molecule has 1 atom stereocenters. The van der Waals surface area contributed by atoms with E-state index in [9.17, 15) is 4.79 Å². The van der Waals surface area contributed by atoms with Gasteiger partial charge in [-0.15, -0.1) is 0 Å². The highest BCUT2D eigenvalue weighted by Crippen LogP contribution is 2.20. The van der Waals surface area contributed by atoms with E-state index in [0.29, 0.717) is 13.2 Å². The topological polar surface area (TPSA) is 60.5 Å². The molecule has 0 radical (unpaired) electrons. The molecule has 1 N–H and O–H groups in total. The maximum atomic E-state index is 11.8. The molecule has 5 heteroatoms. The van der Waals surface area contributed by atoms with E-state index in [4.69, 9.17) is 9.47 Å². The molecule has 120 valence electrons. The number of amides is 1. The molecule has 0 aromatic carbocycles. The first-order valence-electron chi connectivity index (χ1n) is 8.24. The van der Waals surface area contributed by atoms with Gasteiger partial charge in [0.05, 0.1) is 12.7 Å². The Morgan fingerprint density at radius 1 is 1.36 bits per heavy atom. The highest BCUT2D eigenvalue weighted by molar-refractivity contribution is 5.77. The molecule has 3 rings (SSSR count). The van der Waals surface area contributed by atoms with Crippen molar-refractivity contribution in [2.75, 3.05) is 19.8 Å². The molecule has 5 nitrogen and oxygen atoms in total. The number of fused-ring (bicyclic) bond motifs is 1. The largest absolute Gasteiger partial charge is 0.376 e. The highest BCUT2D eigenvalue weighted by Gasteiger charge is 2.15. The van der Waals surface area contributed by atoms with Crippen LogP contribution in [0.5, 0.6) is 0 Å². The smallest absolute Gasteiger partial charge is 0.246 e. The van der Waals surface area contributed by atoms with Crippen LogP contribution in [0.1, 0.15) is 42.5 Å². The molecule has 1 aromatic heterocycles. The average Bonchev–Trinajstić information content (AvgIpc) is 3.01. The molecule has 0 spiro atoms. The summed E-state index contributed by atoms with van der Waals surface area (Å²) in [5, 5.41) is 2.88. The number of nitrogens with one attached hydrogen (secondary N) is 1. The summed E-state index contributed by atoms with van der Waals surface area (Å²) < 4.78 is 11.0. The van der Waals surface area contributed by atoms with Crippen LogP contribution in [0.25, 0.3) is 0 Å². The maximum Gasteiger partial charge on any atom is 0.246 e. The van der Waals surface area contributed by atoms with Crippen molar-refractivity contribution in [2.24, 2.45) is 0 Å². The van der Waals surface area contributed by atoms with Crippen LogP contribution in [-0.4, -0.2) is 36.8 Å². The van der Waals surface area contributed by atoms with Gasteiger partial charge in [0, 0.05) is 25.0 Å². The first-order valence-corrected chi connectivity index (χ1v) is 8.24. The van der Waals surface area contributed by atoms with Gasteiger partial charge in [-0.2, -0.15) is 0 Å². The molecule has 1 fully saturated rings. The number of carbonyl (C=O) groups excluding carboxylic acids is 1. The van der Waals surface area contributed by atoms with E-state index in [-0.39, 0.29) is 18.6 Å². The molecule has 1 saturated heterocycles. The number of pyridine rings is 1. The SMILES string of the molecule is O=C(COC[C@H]1CCCCO1)NCc1cnc2c(c1)CCC2. The summed E-state index contributed by atoms with van der Waals surface area (Å²) in [6, 6.07) is 2.16. The lowest BCUT2D eigenvalue weighted by Gasteiger charge is -2.22. The van der Waals surface area contributed by atoms with Crippen LogP contribution in [-0.2, 0) is 33.7 Å². The number of ether oxygens (including phenoxy) is 2. The standard InChI is InChI=1S/C17H24N2O3/c20-17(12-21-11-15-5-1-2-7-22-15)19-10-13-8-14-4-3-6-16(14)18-9-13/h8-9,15H,1-7,10-12H2,(H,19,20)/t15-/m1/s1. The summed E-state index contributed by atoms with van der Waals surface area (Å²) in [5.74, 6) is -0.0868. The fourth-order valence-corrected chi connectivity index (χ4v) is 3.05. The van der Waals surface area contributed by atoms with Gasteiger partial charge in [0.15, 0.2) is 0 Å². The molecule has 22 heavy (non-hydrogen) atoms. The van der Waals surface area contributed by atoms with Crippen molar-refractivity contribution in [2.45, 2.75) is 51.2 Å². The quantitative estimate of drug-likeness (QED) is 0.870. The van der Waals surface area contributed by atoms with Crippen molar-refractivity contribution in [3.8, 4) is 0 Å². The predicted molar refractivity (Wildman–Crippen MR) is 82.5 cm³/mol. The summed E-state index contributed by atoms with van der Waals surface area (Å²) in [4.78, 5) is 16.3. The Hall–Kier alpha value is -1.46. The summed E-state index contributed by atoms with van der Waals surface area (Å²) >= 11 is 0. The van der Waals surface area contributed by atoms with Gasteiger partial charge in [0.1, 0.15) is 6.61 Å². The van der Waals surface area contributed by atoms with Crippen molar-refractivity contribution in [3.05, 3.63) is 29.1 Å². The van der Waals surface area contributed by atoms with E-state index in [1.165, 1.54) is 24.1 Å². The first kappa shape index (κ1) is 15.4. The van der Waals surface area contributed by atoms with Crippen LogP contribution in [0.15, 0.2) is 12.3 Å². The summed E-state index contributed by atoms with van der Waals surface area (Å²) in [5.41, 5.74) is 3.60. The lowest BCUT2D eigenvalue weighted by Crippen LogP contribution is -2.30. The Morgan fingerprint density at radius 3 is 3.18 bits per heavy atom. The van der Waals surface area contributed by atoms with Crippen LogP contribution in [0.3, 0.4) is 0 Å². The number of rotatable bonds is 6. The van der Waals surface area contributed by atoms with E-state index in [1.807, 2.05) is 6.20 Å². The molecule has 0 saturated carbocycles. The molecule has 2 aliphatic rings. The van der Waals surface area contributed by atoms with Crippen LogP contribution >= 0.6 is 0 Å². The second kappa shape index (κ2) is 7.70. The fraction of sp³-hybridized carbons (Fsp3) is 0.647. The van der Waals surface area contributed by atoms with Crippen LogP contribution in [0.4, 0.5) is 0 Å². The van der Waals surface area contributed by atoms with Crippen LogP contribution in [0.2, 0.25) is 0 Å². The lowest BCUT2D eigenvalue weighted by atomic mass is 10.1. The second-order valence-corrected chi connectivity index (χ2v) is 6.08. The van der Waals surface area contributed by atoms with Gasteiger partial charge in [-0.3, -0.25) is 9.78 Å². The van der Waals surface area contributed by atoms with Crippen molar-refractivity contribution < 1.29 is 14.3 Å². The number of carbonyl (C=O) groups is 1. The third-order valence-corrected chi connectivity index (χ3v) is 4.28. The normalized spacial score (nSPS) is 20.6. The third kappa shape index (κ3) is 4.27. The number of hydrogen-bond donors (Lipinski definition) is 1. The minimum Gasteiger partial charge on any atom is -0.376 e. The minimum absolute atomic E-state index is 0.0868. The van der Waals surface area contributed by atoms with Crippen molar-refractivity contribution in [1.82, 2.24) is 10.3 Å². The zero-order chi connectivity index (χ0) is 15.2. The Morgan fingerprint density at radius 2 is 2.32 bits per heavy atom. The molecular formula is C17H24N2O3. The second-order valence-electron chi connectivity index (χ2n) is 6.08. The zero-order valence-corrected chi connectivity index (χ0v) is 13.0. The molecule has 1 aliphatic heterocycles. The molecule has 1 aromatic rings. The zero-order valence-electron chi connectivity index (χ0n) is 13.0. The summed E-state index contributed by atoms with van der Waals surface area (Å²) in [7, 11) is 0. The molecule has 1 amide bonds.